The highest BCUT2D eigenvalue weighted by molar-refractivity contribution is 14.0. The normalized spacial score (nSPS) is 10.6. The summed E-state index contributed by atoms with van der Waals surface area (Å²) in [4.78, 5) is 3.74. The topological polar surface area (TPSA) is 59.6 Å². The van der Waals surface area contributed by atoms with Crippen molar-refractivity contribution in [2.75, 3.05) is 20.7 Å². The smallest absolute Gasteiger partial charge is 0.188 e. The van der Waals surface area contributed by atoms with Crippen molar-refractivity contribution in [3.8, 4) is 5.75 Å². The minimum absolute atomic E-state index is 0. The predicted molar refractivity (Wildman–Crippen MR) is 77.6 cm³/mol. The molecule has 0 aromatic heterocycles. The number of nitrogens with two attached hydrogens (primary N) is 1. The highest BCUT2D eigenvalue weighted by Crippen LogP contribution is 2.16. The maximum Gasteiger partial charge on any atom is 0.188 e. The van der Waals surface area contributed by atoms with Crippen LogP contribution in [0.5, 0.6) is 5.75 Å². The van der Waals surface area contributed by atoms with Gasteiger partial charge in [-0.25, -0.2) is 4.39 Å². The van der Waals surface area contributed by atoms with E-state index in [0.29, 0.717) is 30.2 Å². The zero-order valence-electron chi connectivity index (χ0n) is 9.87. The third-order valence-electron chi connectivity index (χ3n) is 2.20. The van der Waals surface area contributed by atoms with Crippen LogP contribution in [0.25, 0.3) is 0 Å². The Morgan fingerprint density at radius 3 is 2.76 bits per heavy atom. The molecule has 0 saturated carbocycles. The van der Waals surface area contributed by atoms with Crippen LogP contribution in [-0.2, 0) is 6.42 Å². The number of nitrogens with one attached hydrogen (secondary N) is 1. The fraction of sp³-hybridized carbons (Fsp3) is 0.364. The molecule has 0 spiro atoms. The van der Waals surface area contributed by atoms with Gasteiger partial charge in [-0.15, -0.1) is 24.0 Å². The molecule has 0 aliphatic rings. The van der Waals surface area contributed by atoms with E-state index in [4.69, 9.17) is 10.5 Å². The molecule has 0 atom stereocenters. The summed E-state index contributed by atoms with van der Waals surface area (Å²) in [5, 5.41) is 2.87. The minimum Gasteiger partial charge on any atom is -0.497 e. The van der Waals surface area contributed by atoms with Crippen LogP contribution >= 0.6 is 24.0 Å². The van der Waals surface area contributed by atoms with Gasteiger partial charge in [0.1, 0.15) is 11.6 Å². The third-order valence-corrected chi connectivity index (χ3v) is 2.20. The van der Waals surface area contributed by atoms with E-state index in [9.17, 15) is 4.39 Å². The van der Waals surface area contributed by atoms with Crippen molar-refractivity contribution in [3.63, 3.8) is 0 Å². The zero-order chi connectivity index (χ0) is 12.0. The summed E-state index contributed by atoms with van der Waals surface area (Å²) >= 11 is 0. The molecule has 6 heteroatoms. The third kappa shape index (κ3) is 5.20. The van der Waals surface area contributed by atoms with Crippen LogP contribution < -0.4 is 15.8 Å². The van der Waals surface area contributed by atoms with E-state index in [2.05, 4.69) is 10.3 Å². The van der Waals surface area contributed by atoms with Crippen LogP contribution in [-0.4, -0.2) is 26.7 Å². The maximum absolute atomic E-state index is 13.5. The number of halogens is 2. The van der Waals surface area contributed by atoms with Crippen molar-refractivity contribution in [1.82, 2.24) is 5.32 Å². The van der Waals surface area contributed by atoms with E-state index in [1.165, 1.54) is 13.2 Å². The van der Waals surface area contributed by atoms with Gasteiger partial charge < -0.3 is 15.8 Å². The average molecular weight is 353 g/mol. The van der Waals surface area contributed by atoms with Gasteiger partial charge >= 0.3 is 0 Å². The molecule has 0 heterocycles. The summed E-state index contributed by atoms with van der Waals surface area (Å²) in [7, 11) is 3.10. The fourth-order valence-corrected chi connectivity index (χ4v) is 1.26. The first-order valence-electron chi connectivity index (χ1n) is 4.96. The Balaban J connectivity index is 0.00000256. The molecule has 0 unspecified atom stereocenters. The van der Waals surface area contributed by atoms with Crippen LogP contribution in [0.15, 0.2) is 23.2 Å². The summed E-state index contributed by atoms with van der Waals surface area (Å²) in [5.74, 6) is 0.603. The molecule has 1 rings (SSSR count). The number of benzene rings is 1. The number of aliphatic imine (C=N–C) groups is 1. The molecule has 0 radical (unpaired) electrons. The Bertz CT molecular complexity index is 385. The highest BCUT2D eigenvalue weighted by atomic mass is 127. The first-order chi connectivity index (χ1) is 7.67. The number of guanidine groups is 1. The molecular formula is C11H17FIN3O. The van der Waals surface area contributed by atoms with E-state index < -0.39 is 0 Å². The number of ether oxygens (including phenoxy) is 1. The number of nitrogens with zero attached hydrogens (tertiary/aromatic N) is 1. The summed E-state index contributed by atoms with van der Waals surface area (Å²) in [6.45, 7) is 0.548. The van der Waals surface area contributed by atoms with E-state index in [1.54, 1.807) is 19.2 Å². The Morgan fingerprint density at radius 2 is 2.24 bits per heavy atom. The molecule has 1 aromatic carbocycles. The number of hydrogen-bond acceptors (Lipinski definition) is 2. The lowest BCUT2D eigenvalue weighted by molar-refractivity contribution is 0.410. The van der Waals surface area contributed by atoms with Gasteiger partial charge in [0.15, 0.2) is 5.96 Å². The first-order valence-corrected chi connectivity index (χ1v) is 4.96. The van der Waals surface area contributed by atoms with Crippen LogP contribution in [0.4, 0.5) is 4.39 Å². The molecular weight excluding hydrogens is 336 g/mol. The van der Waals surface area contributed by atoms with Crippen molar-refractivity contribution >= 4 is 29.9 Å². The number of methoxy groups -OCH3 is 1. The van der Waals surface area contributed by atoms with Gasteiger partial charge in [-0.3, -0.25) is 4.99 Å². The fourth-order valence-electron chi connectivity index (χ4n) is 1.26. The average Bonchev–Trinajstić information content (AvgIpc) is 2.30. The molecule has 0 fully saturated rings. The monoisotopic (exact) mass is 353 g/mol. The summed E-state index contributed by atoms with van der Waals surface area (Å²) in [5.41, 5.74) is 6.07. The van der Waals surface area contributed by atoms with Crippen LogP contribution in [0.3, 0.4) is 0 Å². The second-order valence-electron chi connectivity index (χ2n) is 3.24. The Hall–Kier alpha value is -1.05. The summed E-state index contributed by atoms with van der Waals surface area (Å²) in [6, 6.07) is 4.80. The van der Waals surface area contributed by atoms with Crippen molar-refractivity contribution in [1.29, 1.82) is 0 Å². The van der Waals surface area contributed by atoms with E-state index in [-0.39, 0.29) is 29.8 Å². The van der Waals surface area contributed by atoms with Crippen molar-refractivity contribution in [3.05, 3.63) is 29.6 Å². The Labute approximate surface area is 117 Å². The lowest BCUT2D eigenvalue weighted by Gasteiger charge is -2.07. The van der Waals surface area contributed by atoms with Crippen molar-refractivity contribution < 1.29 is 9.13 Å². The van der Waals surface area contributed by atoms with Gasteiger partial charge in [0.2, 0.25) is 0 Å². The number of rotatable bonds is 4. The van der Waals surface area contributed by atoms with E-state index in [1.807, 2.05) is 0 Å². The van der Waals surface area contributed by atoms with Gasteiger partial charge in [0.05, 0.1) is 7.11 Å². The van der Waals surface area contributed by atoms with Crippen molar-refractivity contribution in [2.24, 2.45) is 10.7 Å². The molecule has 96 valence electrons. The highest BCUT2D eigenvalue weighted by Gasteiger charge is 2.03. The molecule has 0 saturated heterocycles. The summed E-state index contributed by atoms with van der Waals surface area (Å²) in [6.07, 6.45) is 0.548. The maximum atomic E-state index is 13.5. The standard InChI is InChI=1S/C11H16FN3O.HI/c1-14-11(13)15-6-5-8-3-4-9(16-2)7-10(8)12;/h3-4,7H,5-6H2,1-2H3,(H3,13,14,15);1H. The van der Waals surface area contributed by atoms with Gasteiger partial charge in [-0.1, -0.05) is 6.07 Å². The molecule has 0 amide bonds. The van der Waals surface area contributed by atoms with Crippen LogP contribution in [0, 0.1) is 5.82 Å². The predicted octanol–water partition coefficient (Wildman–Crippen LogP) is 1.53. The quantitative estimate of drug-likeness (QED) is 0.490. The van der Waals surface area contributed by atoms with E-state index >= 15 is 0 Å². The first kappa shape index (κ1) is 16.0. The molecule has 0 aliphatic carbocycles. The second-order valence-corrected chi connectivity index (χ2v) is 3.24. The molecule has 1 aromatic rings. The SMILES string of the molecule is CN=C(N)NCCc1ccc(OC)cc1F.I. The lowest BCUT2D eigenvalue weighted by Crippen LogP contribution is -2.32. The zero-order valence-corrected chi connectivity index (χ0v) is 12.2. The number of hydrogen-bond donors (Lipinski definition) is 2. The minimum atomic E-state index is -0.270. The molecule has 4 nitrogen and oxygen atoms in total. The lowest BCUT2D eigenvalue weighted by atomic mass is 10.1. The largest absolute Gasteiger partial charge is 0.497 e. The van der Waals surface area contributed by atoms with Gasteiger partial charge in [0.25, 0.3) is 0 Å². The second kappa shape index (κ2) is 8.10. The molecule has 0 bridgehead atoms. The van der Waals surface area contributed by atoms with Crippen LogP contribution in [0.2, 0.25) is 0 Å². The van der Waals surface area contributed by atoms with Gasteiger partial charge in [-0.2, -0.15) is 0 Å². The van der Waals surface area contributed by atoms with Gasteiger partial charge in [0, 0.05) is 19.7 Å². The molecule has 17 heavy (non-hydrogen) atoms. The molecule has 3 N–H and O–H groups in total. The Kier molecular flexibility index (Phi) is 7.60. The Morgan fingerprint density at radius 1 is 1.53 bits per heavy atom. The molecule has 0 aliphatic heterocycles. The van der Waals surface area contributed by atoms with Crippen molar-refractivity contribution in [2.45, 2.75) is 6.42 Å². The van der Waals surface area contributed by atoms with Gasteiger partial charge in [-0.05, 0) is 18.1 Å². The summed E-state index contributed by atoms with van der Waals surface area (Å²) < 4.78 is 18.4. The van der Waals surface area contributed by atoms with E-state index in [0.717, 1.165) is 0 Å². The van der Waals surface area contributed by atoms with Crippen LogP contribution in [0.1, 0.15) is 5.56 Å².